The molecule has 2 aliphatic rings. The van der Waals surface area contributed by atoms with Crippen molar-refractivity contribution in [3.8, 4) is 5.75 Å². The van der Waals surface area contributed by atoms with E-state index in [0.717, 1.165) is 16.3 Å². The smallest absolute Gasteiger partial charge is 0.471 e. The van der Waals surface area contributed by atoms with Crippen LogP contribution in [0.1, 0.15) is 24.2 Å². The molecule has 1 saturated carbocycles. The zero-order chi connectivity index (χ0) is 16.8. The van der Waals surface area contributed by atoms with Gasteiger partial charge in [-0.3, -0.25) is 9.78 Å². The Labute approximate surface area is 131 Å². The van der Waals surface area contributed by atoms with Gasteiger partial charge in [0.05, 0.1) is 11.4 Å². The summed E-state index contributed by atoms with van der Waals surface area (Å²) in [4.78, 5) is 16.3. The minimum Gasteiger partial charge on any atom is -0.488 e. The summed E-state index contributed by atoms with van der Waals surface area (Å²) in [7, 11) is 0. The molecule has 3 rings (SSSR count). The Morgan fingerprint density at radius 3 is 2.61 bits per heavy atom. The zero-order valence-electron chi connectivity index (χ0n) is 12.7. The summed E-state index contributed by atoms with van der Waals surface area (Å²) < 4.78 is 42.8. The number of hydrogen-bond donors (Lipinski definition) is 1. The molecule has 1 saturated heterocycles. The van der Waals surface area contributed by atoms with Crippen molar-refractivity contribution < 1.29 is 22.7 Å². The van der Waals surface area contributed by atoms with Gasteiger partial charge in [0.15, 0.2) is 0 Å². The largest absolute Gasteiger partial charge is 0.488 e. The number of ether oxygens (including phenoxy) is 1. The first-order valence-electron chi connectivity index (χ1n) is 7.42. The molecule has 1 aromatic rings. The van der Waals surface area contributed by atoms with E-state index in [0.29, 0.717) is 25.1 Å². The second-order valence-corrected chi connectivity index (χ2v) is 6.40. The summed E-state index contributed by atoms with van der Waals surface area (Å²) in [6.45, 7) is 2.51. The molecular formula is C15H18F3N3O2. The van der Waals surface area contributed by atoms with E-state index >= 15 is 0 Å². The summed E-state index contributed by atoms with van der Waals surface area (Å²) in [5.41, 5.74) is 6.84. The minimum atomic E-state index is -4.78. The molecule has 2 fully saturated rings. The van der Waals surface area contributed by atoms with Crippen LogP contribution in [0.15, 0.2) is 12.1 Å². The number of nitrogens with zero attached hydrogens (tertiary/aromatic N) is 2. The third-order valence-corrected chi connectivity index (χ3v) is 4.50. The lowest BCUT2D eigenvalue weighted by atomic mass is 9.61. The Balaban J connectivity index is 1.50. The van der Waals surface area contributed by atoms with Crippen molar-refractivity contribution in [2.24, 2.45) is 11.1 Å². The van der Waals surface area contributed by atoms with Crippen LogP contribution in [0.2, 0.25) is 0 Å². The van der Waals surface area contributed by atoms with Crippen LogP contribution >= 0.6 is 0 Å². The molecule has 5 nitrogen and oxygen atoms in total. The fourth-order valence-corrected chi connectivity index (χ4v) is 3.35. The van der Waals surface area contributed by atoms with Gasteiger partial charge in [-0.1, -0.05) is 0 Å². The predicted molar refractivity (Wildman–Crippen MR) is 75.6 cm³/mol. The van der Waals surface area contributed by atoms with Crippen LogP contribution in [0.4, 0.5) is 13.2 Å². The van der Waals surface area contributed by atoms with Gasteiger partial charge in [0.25, 0.3) is 0 Å². The minimum absolute atomic E-state index is 0.0395. The fourth-order valence-electron chi connectivity index (χ4n) is 3.35. The Morgan fingerprint density at radius 1 is 1.43 bits per heavy atom. The lowest BCUT2D eigenvalue weighted by molar-refractivity contribution is -0.205. The average Bonchev–Trinajstić information content (AvgIpc) is 2.39. The number of nitrogens with two attached hydrogens (primary N) is 1. The Kier molecular flexibility index (Phi) is 3.74. The number of carbonyl (C=O) groups excluding carboxylic acids is 1. The lowest BCUT2D eigenvalue weighted by Gasteiger charge is -2.58. The number of aryl methyl sites for hydroxylation is 1. The number of alkyl halides is 3. The van der Waals surface area contributed by atoms with Gasteiger partial charge in [0, 0.05) is 25.0 Å². The number of likely N-dealkylation sites (tertiary alicyclic amines) is 1. The number of carbonyl (C=O) groups is 1. The Morgan fingerprint density at radius 2 is 2.09 bits per heavy atom. The van der Waals surface area contributed by atoms with Crippen LogP contribution < -0.4 is 10.5 Å². The molecular weight excluding hydrogens is 311 g/mol. The highest BCUT2D eigenvalue weighted by atomic mass is 19.4. The van der Waals surface area contributed by atoms with E-state index in [9.17, 15) is 18.0 Å². The molecule has 0 unspecified atom stereocenters. The molecule has 2 heterocycles. The second kappa shape index (κ2) is 5.36. The van der Waals surface area contributed by atoms with E-state index in [1.165, 1.54) is 0 Å². The van der Waals surface area contributed by atoms with Crippen molar-refractivity contribution in [2.75, 3.05) is 13.1 Å². The van der Waals surface area contributed by atoms with Crippen molar-refractivity contribution >= 4 is 5.91 Å². The van der Waals surface area contributed by atoms with Crippen molar-refractivity contribution in [3.05, 3.63) is 23.5 Å². The Hall–Kier alpha value is -1.83. The lowest BCUT2D eigenvalue weighted by Crippen LogP contribution is -2.67. The monoisotopic (exact) mass is 329 g/mol. The maximum absolute atomic E-state index is 12.3. The number of halogens is 3. The van der Waals surface area contributed by atoms with Crippen LogP contribution in [-0.2, 0) is 11.3 Å². The van der Waals surface area contributed by atoms with Crippen molar-refractivity contribution in [3.63, 3.8) is 0 Å². The second-order valence-electron chi connectivity index (χ2n) is 6.40. The predicted octanol–water partition coefficient (Wildman–Crippen LogP) is 1.78. The molecule has 8 heteroatoms. The van der Waals surface area contributed by atoms with Gasteiger partial charge in [0.1, 0.15) is 11.9 Å². The summed E-state index contributed by atoms with van der Waals surface area (Å²) >= 11 is 0. The number of hydrogen-bond acceptors (Lipinski definition) is 4. The number of aromatic nitrogens is 1. The first-order valence-corrected chi connectivity index (χ1v) is 7.42. The molecule has 0 bridgehead atoms. The van der Waals surface area contributed by atoms with Gasteiger partial charge in [-0.2, -0.15) is 13.2 Å². The third-order valence-electron chi connectivity index (χ3n) is 4.50. The molecule has 0 atom stereocenters. The Bertz CT molecular complexity index is 619. The van der Waals surface area contributed by atoms with E-state index in [2.05, 4.69) is 4.98 Å². The number of pyridine rings is 1. The quantitative estimate of drug-likeness (QED) is 0.918. The van der Waals surface area contributed by atoms with Crippen LogP contribution in [0.25, 0.3) is 0 Å². The molecule has 1 spiro atoms. The fraction of sp³-hybridized carbons (Fsp3) is 0.600. The van der Waals surface area contributed by atoms with Crippen molar-refractivity contribution in [2.45, 2.75) is 38.6 Å². The summed E-state index contributed by atoms with van der Waals surface area (Å²) in [6, 6.07) is 3.61. The van der Waals surface area contributed by atoms with Crippen molar-refractivity contribution in [1.82, 2.24) is 9.88 Å². The van der Waals surface area contributed by atoms with Crippen LogP contribution in [0, 0.1) is 12.3 Å². The van der Waals surface area contributed by atoms with Crippen LogP contribution in [0.3, 0.4) is 0 Å². The maximum atomic E-state index is 12.3. The van der Waals surface area contributed by atoms with E-state index in [4.69, 9.17) is 10.5 Å². The molecule has 1 amide bonds. The molecule has 1 aliphatic carbocycles. The molecule has 23 heavy (non-hydrogen) atoms. The van der Waals surface area contributed by atoms with Gasteiger partial charge < -0.3 is 15.4 Å². The van der Waals surface area contributed by atoms with Gasteiger partial charge in [-0.15, -0.1) is 0 Å². The average molecular weight is 329 g/mol. The topological polar surface area (TPSA) is 68.5 Å². The van der Waals surface area contributed by atoms with E-state index < -0.39 is 12.1 Å². The summed E-state index contributed by atoms with van der Waals surface area (Å²) in [6.07, 6.45) is -3.50. The van der Waals surface area contributed by atoms with Gasteiger partial charge in [-0.25, -0.2) is 0 Å². The molecule has 1 aliphatic heterocycles. The molecule has 0 aromatic carbocycles. The first-order chi connectivity index (χ1) is 10.7. The molecule has 0 radical (unpaired) electrons. The summed E-state index contributed by atoms with van der Waals surface area (Å²) in [5, 5.41) is 0. The SMILES string of the molecule is Cc1nc(CN)ccc1OC1CC2(C1)CN(C(=O)C(F)(F)F)C2. The highest BCUT2D eigenvalue weighted by Gasteiger charge is 2.58. The van der Waals surface area contributed by atoms with Crippen LogP contribution in [-0.4, -0.2) is 41.2 Å². The van der Waals surface area contributed by atoms with E-state index in [1.807, 2.05) is 13.0 Å². The highest BCUT2D eigenvalue weighted by molar-refractivity contribution is 5.82. The van der Waals surface area contributed by atoms with Gasteiger partial charge in [-0.05, 0) is 31.9 Å². The number of rotatable bonds is 3. The molecule has 1 aromatic heterocycles. The van der Waals surface area contributed by atoms with E-state index in [1.54, 1.807) is 6.07 Å². The third kappa shape index (κ3) is 2.99. The molecule has 126 valence electrons. The van der Waals surface area contributed by atoms with Gasteiger partial charge in [0.2, 0.25) is 0 Å². The first kappa shape index (κ1) is 16.0. The number of amides is 1. The summed E-state index contributed by atoms with van der Waals surface area (Å²) in [5.74, 6) is -1.07. The van der Waals surface area contributed by atoms with E-state index in [-0.39, 0.29) is 24.6 Å². The molecule has 2 N–H and O–H groups in total. The zero-order valence-corrected chi connectivity index (χ0v) is 12.7. The van der Waals surface area contributed by atoms with Crippen LogP contribution in [0.5, 0.6) is 5.75 Å². The van der Waals surface area contributed by atoms with Gasteiger partial charge >= 0.3 is 12.1 Å². The van der Waals surface area contributed by atoms with Crippen molar-refractivity contribution in [1.29, 1.82) is 0 Å². The maximum Gasteiger partial charge on any atom is 0.471 e. The highest BCUT2D eigenvalue weighted by Crippen LogP contribution is 2.50. The standard InChI is InChI=1S/C15H18F3N3O2/c1-9-12(3-2-10(6-19)20-9)23-11-4-14(5-11)7-21(8-14)13(22)15(16,17)18/h2-3,11H,4-8,19H2,1H3. The normalized spacial score (nSPS) is 20.1.